The van der Waals surface area contributed by atoms with Crippen molar-refractivity contribution in [3.63, 3.8) is 0 Å². The number of halogens is 1. The van der Waals surface area contributed by atoms with Crippen LogP contribution in [0.2, 0.25) is 5.02 Å². The minimum Gasteiger partial charge on any atom is -0.396 e. The third-order valence-corrected chi connectivity index (χ3v) is 3.92. The van der Waals surface area contributed by atoms with Crippen LogP contribution in [0.1, 0.15) is 19.3 Å². The van der Waals surface area contributed by atoms with Crippen LogP contribution in [0.5, 0.6) is 0 Å². The molecule has 2 rings (SSSR count). The molecule has 1 fully saturated rings. The number of hydrogen-bond acceptors (Lipinski definition) is 6. The molecule has 1 aliphatic rings. The summed E-state index contributed by atoms with van der Waals surface area (Å²) in [5.74, 6) is 0.770. The Morgan fingerprint density at radius 2 is 2.29 bits per heavy atom. The van der Waals surface area contributed by atoms with E-state index in [1.807, 2.05) is 0 Å². The highest BCUT2D eigenvalue weighted by molar-refractivity contribution is 6.33. The molecule has 116 valence electrons. The van der Waals surface area contributed by atoms with Crippen molar-refractivity contribution < 1.29 is 14.8 Å². The van der Waals surface area contributed by atoms with Gasteiger partial charge in [0.1, 0.15) is 12.0 Å². The van der Waals surface area contributed by atoms with Crippen molar-refractivity contribution in [2.75, 3.05) is 25.1 Å². The topological polar surface area (TPSA) is 97.5 Å². The summed E-state index contributed by atoms with van der Waals surface area (Å²) in [5.41, 5.74) is -0.143. The zero-order valence-corrected chi connectivity index (χ0v) is 12.3. The van der Waals surface area contributed by atoms with Gasteiger partial charge in [0, 0.05) is 31.9 Å². The van der Waals surface area contributed by atoms with Gasteiger partial charge in [-0.2, -0.15) is 0 Å². The minimum atomic E-state index is -0.535. The summed E-state index contributed by atoms with van der Waals surface area (Å²) in [6.07, 6.45) is 3.55. The second-order valence-electron chi connectivity index (χ2n) is 4.99. The van der Waals surface area contributed by atoms with Crippen LogP contribution in [0.3, 0.4) is 0 Å². The summed E-state index contributed by atoms with van der Waals surface area (Å²) in [6, 6.07) is 1.29. The summed E-state index contributed by atoms with van der Waals surface area (Å²) < 4.78 is 5.34. The Bertz CT molecular complexity index is 494. The number of aromatic nitrogens is 1. The molecule has 1 aromatic heterocycles. The number of rotatable bonds is 6. The molecule has 21 heavy (non-hydrogen) atoms. The van der Waals surface area contributed by atoms with Crippen LogP contribution >= 0.6 is 11.6 Å². The quantitative estimate of drug-likeness (QED) is 0.617. The number of pyridine rings is 1. The molecule has 0 radical (unpaired) electrons. The second-order valence-corrected chi connectivity index (χ2v) is 5.40. The van der Waals surface area contributed by atoms with Gasteiger partial charge < -0.3 is 15.2 Å². The average molecular weight is 316 g/mol. The van der Waals surface area contributed by atoms with Crippen LogP contribution in [-0.4, -0.2) is 40.9 Å². The zero-order valence-electron chi connectivity index (χ0n) is 11.5. The molecule has 0 spiro atoms. The molecule has 2 heterocycles. The van der Waals surface area contributed by atoms with Gasteiger partial charge in [-0.05, 0) is 25.2 Å². The van der Waals surface area contributed by atoms with Crippen molar-refractivity contribution in [2.24, 2.45) is 5.92 Å². The third-order valence-electron chi connectivity index (χ3n) is 3.63. The fraction of sp³-hybridized carbons (Fsp3) is 0.615. The summed E-state index contributed by atoms with van der Waals surface area (Å²) in [7, 11) is 0. The minimum absolute atomic E-state index is 0.0188. The molecule has 1 atom stereocenters. The summed E-state index contributed by atoms with van der Waals surface area (Å²) in [4.78, 5) is 14.2. The summed E-state index contributed by atoms with van der Waals surface area (Å²) >= 11 is 6.04. The molecule has 8 heteroatoms. The second kappa shape index (κ2) is 7.53. The molecule has 0 unspecified atom stereocenters. The zero-order chi connectivity index (χ0) is 15.2. The largest absolute Gasteiger partial charge is 0.396 e. The van der Waals surface area contributed by atoms with E-state index in [2.05, 4.69) is 10.3 Å². The lowest BCUT2D eigenvalue weighted by Crippen LogP contribution is -2.34. The SMILES string of the molecule is O=[N+]([O-])c1cnc(N[C@H](CCO)C2CCOCC2)c(Cl)c1. The van der Waals surface area contributed by atoms with E-state index in [-0.39, 0.29) is 23.4 Å². The van der Waals surface area contributed by atoms with Crippen LogP contribution in [0.4, 0.5) is 11.5 Å². The van der Waals surface area contributed by atoms with Gasteiger partial charge in [0.2, 0.25) is 0 Å². The lowest BCUT2D eigenvalue weighted by Gasteiger charge is -2.31. The number of aliphatic hydroxyl groups is 1. The van der Waals surface area contributed by atoms with Gasteiger partial charge in [0.25, 0.3) is 5.69 Å². The van der Waals surface area contributed by atoms with E-state index < -0.39 is 4.92 Å². The molecule has 0 aromatic carbocycles. The van der Waals surface area contributed by atoms with Crippen molar-refractivity contribution >= 4 is 23.1 Å². The Kier molecular flexibility index (Phi) is 5.72. The highest BCUT2D eigenvalue weighted by Gasteiger charge is 2.25. The predicted molar refractivity (Wildman–Crippen MR) is 78.6 cm³/mol. The van der Waals surface area contributed by atoms with Crippen LogP contribution < -0.4 is 5.32 Å². The van der Waals surface area contributed by atoms with E-state index in [4.69, 9.17) is 16.3 Å². The highest BCUT2D eigenvalue weighted by atomic mass is 35.5. The van der Waals surface area contributed by atoms with Crippen molar-refractivity contribution in [3.8, 4) is 0 Å². The first-order valence-corrected chi connectivity index (χ1v) is 7.24. The number of nitrogens with zero attached hydrogens (tertiary/aromatic N) is 2. The fourth-order valence-corrected chi connectivity index (χ4v) is 2.71. The summed E-state index contributed by atoms with van der Waals surface area (Å²) in [5, 5.41) is 23.3. The number of nitro groups is 1. The van der Waals surface area contributed by atoms with Gasteiger partial charge in [0.15, 0.2) is 0 Å². The van der Waals surface area contributed by atoms with E-state index in [1.54, 1.807) is 0 Å². The first kappa shape index (κ1) is 15.9. The van der Waals surface area contributed by atoms with E-state index in [1.165, 1.54) is 12.3 Å². The summed E-state index contributed by atoms with van der Waals surface area (Å²) in [6.45, 7) is 1.46. The molecular formula is C13H18ClN3O4. The van der Waals surface area contributed by atoms with Crippen LogP contribution in [0.15, 0.2) is 12.3 Å². The van der Waals surface area contributed by atoms with Crippen molar-refractivity contribution in [2.45, 2.75) is 25.3 Å². The van der Waals surface area contributed by atoms with Crippen molar-refractivity contribution in [1.29, 1.82) is 0 Å². The standard InChI is InChI=1S/C13H18ClN3O4/c14-11-7-10(17(19)20)8-15-13(11)16-12(1-4-18)9-2-5-21-6-3-9/h7-9,12,18H,1-6H2,(H,15,16)/t12-/m1/s1. The molecule has 1 saturated heterocycles. The van der Waals surface area contributed by atoms with E-state index in [0.717, 1.165) is 12.8 Å². The lowest BCUT2D eigenvalue weighted by molar-refractivity contribution is -0.385. The molecule has 0 bridgehead atoms. The smallest absolute Gasteiger partial charge is 0.289 e. The van der Waals surface area contributed by atoms with Gasteiger partial charge in [-0.1, -0.05) is 11.6 Å². The van der Waals surface area contributed by atoms with Crippen molar-refractivity contribution in [1.82, 2.24) is 4.98 Å². The number of nitrogens with one attached hydrogen (secondary N) is 1. The van der Waals surface area contributed by atoms with E-state index >= 15 is 0 Å². The molecule has 0 amide bonds. The number of ether oxygens (including phenoxy) is 1. The lowest BCUT2D eigenvalue weighted by atomic mass is 9.90. The Morgan fingerprint density at radius 1 is 1.57 bits per heavy atom. The first-order chi connectivity index (χ1) is 10.1. The van der Waals surface area contributed by atoms with Crippen LogP contribution in [-0.2, 0) is 4.74 Å². The fourth-order valence-electron chi connectivity index (χ4n) is 2.49. The van der Waals surface area contributed by atoms with Gasteiger partial charge in [-0.3, -0.25) is 10.1 Å². The number of hydrogen-bond donors (Lipinski definition) is 2. The molecule has 0 aliphatic carbocycles. The molecule has 2 N–H and O–H groups in total. The Hall–Kier alpha value is -1.44. The Balaban J connectivity index is 2.10. The van der Waals surface area contributed by atoms with Crippen LogP contribution in [0.25, 0.3) is 0 Å². The van der Waals surface area contributed by atoms with Gasteiger partial charge in [-0.25, -0.2) is 4.98 Å². The molecule has 7 nitrogen and oxygen atoms in total. The maximum Gasteiger partial charge on any atom is 0.289 e. The Labute approximate surface area is 127 Å². The molecular weight excluding hydrogens is 298 g/mol. The molecule has 1 aromatic rings. The Morgan fingerprint density at radius 3 is 2.86 bits per heavy atom. The average Bonchev–Trinajstić information content (AvgIpc) is 2.49. The maximum absolute atomic E-state index is 10.7. The monoisotopic (exact) mass is 315 g/mol. The van der Waals surface area contributed by atoms with E-state index in [9.17, 15) is 15.2 Å². The van der Waals surface area contributed by atoms with Crippen LogP contribution in [0, 0.1) is 16.0 Å². The van der Waals surface area contributed by atoms with E-state index in [0.29, 0.717) is 31.4 Å². The van der Waals surface area contributed by atoms with Gasteiger partial charge >= 0.3 is 0 Å². The normalized spacial score (nSPS) is 17.4. The number of anilines is 1. The maximum atomic E-state index is 10.7. The highest BCUT2D eigenvalue weighted by Crippen LogP contribution is 2.28. The van der Waals surface area contributed by atoms with Gasteiger partial charge in [0.05, 0.1) is 9.95 Å². The number of aliphatic hydroxyl groups excluding tert-OH is 1. The molecule has 1 aliphatic heterocycles. The van der Waals surface area contributed by atoms with Crippen molar-refractivity contribution in [3.05, 3.63) is 27.4 Å². The predicted octanol–water partition coefficient (Wildman–Crippen LogP) is 2.23. The first-order valence-electron chi connectivity index (χ1n) is 6.87. The molecule has 0 saturated carbocycles. The third kappa shape index (κ3) is 4.26. The van der Waals surface area contributed by atoms with Gasteiger partial charge in [-0.15, -0.1) is 0 Å².